The fourth-order valence-electron chi connectivity index (χ4n) is 13.8. The average Bonchev–Trinajstić information content (AvgIpc) is 3.41. The summed E-state index contributed by atoms with van der Waals surface area (Å²) in [5.74, 6) is 0.660. The Kier molecular flexibility index (Phi) is 9.94. The predicted octanol–water partition coefficient (Wildman–Crippen LogP) is 10.2. The lowest BCUT2D eigenvalue weighted by molar-refractivity contribution is -0.250. The highest BCUT2D eigenvalue weighted by Crippen LogP contribution is 2.78. The van der Waals surface area contributed by atoms with Gasteiger partial charge in [-0.05, 0) is 155 Å². The molecule has 6 rings (SSSR count). The molecule has 0 spiro atoms. The van der Waals surface area contributed by atoms with Crippen molar-refractivity contribution in [1.29, 1.82) is 0 Å². The van der Waals surface area contributed by atoms with Gasteiger partial charge in [-0.2, -0.15) is 0 Å². The van der Waals surface area contributed by atoms with E-state index in [1.807, 2.05) is 13.0 Å². The number of fused-ring (bicyclic) bond motifs is 7. The minimum atomic E-state index is -1.16. The number of carboxylic acid groups (broad SMARTS) is 1. The van der Waals surface area contributed by atoms with E-state index < -0.39 is 17.4 Å². The smallest absolute Gasteiger partial charge is 0.309 e. The molecule has 0 saturated heterocycles. The molecular weight excluding hydrogens is 653 g/mol. The molecule has 0 aromatic heterocycles. The lowest BCUT2D eigenvalue weighted by atomic mass is 9.32. The van der Waals surface area contributed by atoms with Crippen LogP contribution in [0.5, 0.6) is 0 Å². The Morgan fingerprint density at radius 2 is 1.65 bits per heavy atom. The number of carboxylic acids is 1. The van der Waals surface area contributed by atoms with Crippen molar-refractivity contribution in [1.82, 2.24) is 5.32 Å². The normalized spacial score (nSPS) is 39.3. The number of carbonyl (C=O) groups excluding carboxylic acids is 2. The van der Waals surface area contributed by atoms with Gasteiger partial charge >= 0.3 is 11.9 Å². The Bertz CT molecular complexity index is 1620. The summed E-state index contributed by atoms with van der Waals surface area (Å²) < 4.78 is 20.8. The molecule has 288 valence electrons. The van der Waals surface area contributed by atoms with Crippen LogP contribution in [0.1, 0.15) is 144 Å². The number of halogens is 1. The standard InChI is InChI=1S/C45H66FNO5/c1-27(2)30-15-20-45(24-36(48)47-26-29-12-11-28(3)23-32(29)46)22-21-43(9)31(38(30)45)13-14-34-42(8)18-17-35(52-37(49)25-40(4,5)39(50)51)41(6,7)33(42)16-19-44(34,43)10/h11-12,23,30-31,33-35,38H,1,13-22,24-26H2,2-10H3,(H,47,48)(H,50,51)/t30-,31+,33-,34+,35-,38+,42-,43+,44+,45+/m0/s1. The van der Waals surface area contributed by atoms with E-state index in [-0.39, 0.29) is 57.9 Å². The Morgan fingerprint density at radius 1 is 0.942 bits per heavy atom. The van der Waals surface area contributed by atoms with Crippen molar-refractivity contribution < 1.29 is 28.6 Å². The van der Waals surface area contributed by atoms with E-state index in [0.29, 0.717) is 41.6 Å². The van der Waals surface area contributed by atoms with Crippen LogP contribution in [-0.4, -0.2) is 29.1 Å². The van der Waals surface area contributed by atoms with E-state index in [1.165, 1.54) is 18.1 Å². The van der Waals surface area contributed by atoms with Gasteiger partial charge in [0.15, 0.2) is 0 Å². The van der Waals surface area contributed by atoms with Crippen molar-refractivity contribution in [2.24, 2.45) is 62.1 Å². The van der Waals surface area contributed by atoms with E-state index in [9.17, 15) is 23.9 Å². The van der Waals surface area contributed by atoms with Gasteiger partial charge in [-0.25, -0.2) is 4.39 Å². The first kappa shape index (κ1) is 39.0. The molecule has 1 aromatic rings. The summed E-state index contributed by atoms with van der Waals surface area (Å²) in [4.78, 5) is 38.6. The highest BCUT2D eigenvalue weighted by Gasteiger charge is 2.71. The van der Waals surface area contributed by atoms with Crippen LogP contribution in [-0.2, 0) is 25.7 Å². The first-order valence-corrected chi connectivity index (χ1v) is 20.2. The Labute approximate surface area is 312 Å². The van der Waals surface area contributed by atoms with Crippen molar-refractivity contribution in [3.63, 3.8) is 0 Å². The third-order valence-electron chi connectivity index (χ3n) is 16.8. The second-order valence-corrected chi connectivity index (χ2v) is 20.3. The molecule has 2 N–H and O–H groups in total. The van der Waals surface area contributed by atoms with Crippen LogP contribution in [0.2, 0.25) is 0 Å². The minimum Gasteiger partial charge on any atom is -0.481 e. The zero-order chi connectivity index (χ0) is 38.2. The van der Waals surface area contributed by atoms with Crippen LogP contribution < -0.4 is 5.32 Å². The highest BCUT2D eigenvalue weighted by atomic mass is 19.1. The second kappa shape index (κ2) is 13.3. The molecule has 0 heterocycles. The molecule has 10 atom stereocenters. The number of aliphatic carboxylic acids is 1. The zero-order valence-electron chi connectivity index (χ0n) is 33.6. The topological polar surface area (TPSA) is 92.7 Å². The quantitative estimate of drug-likeness (QED) is 0.196. The number of amides is 1. The maximum atomic E-state index is 14.6. The summed E-state index contributed by atoms with van der Waals surface area (Å²) in [5, 5.41) is 12.7. The predicted molar refractivity (Wildman–Crippen MR) is 202 cm³/mol. The van der Waals surface area contributed by atoms with Crippen molar-refractivity contribution in [3.05, 3.63) is 47.3 Å². The number of allylic oxidation sites excluding steroid dienone is 1. The van der Waals surface area contributed by atoms with E-state index in [2.05, 4.69) is 53.4 Å². The number of aryl methyl sites for hydroxylation is 1. The van der Waals surface area contributed by atoms with E-state index >= 15 is 0 Å². The summed E-state index contributed by atoms with van der Waals surface area (Å²) in [6.45, 7) is 24.3. The summed E-state index contributed by atoms with van der Waals surface area (Å²) in [7, 11) is 0. The maximum absolute atomic E-state index is 14.6. The molecule has 6 nitrogen and oxygen atoms in total. The monoisotopic (exact) mass is 719 g/mol. The molecule has 5 aliphatic carbocycles. The number of ether oxygens (including phenoxy) is 1. The highest BCUT2D eigenvalue weighted by molar-refractivity contribution is 5.81. The lowest BCUT2D eigenvalue weighted by Crippen LogP contribution is -2.67. The SMILES string of the molecule is C=C(C)[C@@H]1CC[C@]2(CC(=O)NCc3ccc(C)cc3F)CC[C@]3(C)[C@H](CC[C@@H]4[C@@]5(C)CC[C@H](OC(=O)CC(C)(C)C(=O)O)C(C)(C)[C@@H]5CC[C@]43C)[C@@H]12. The molecule has 1 amide bonds. The Balaban J connectivity index is 1.22. The van der Waals surface area contributed by atoms with Gasteiger partial charge < -0.3 is 15.2 Å². The number of carbonyl (C=O) groups is 3. The van der Waals surface area contributed by atoms with E-state index in [1.54, 1.807) is 19.9 Å². The molecule has 7 heteroatoms. The van der Waals surface area contributed by atoms with Crippen LogP contribution in [0, 0.1) is 74.8 Å². The minimum absolute atomic E-state index is 0.0371. The van der Waals surface area contributed by atoms with Crippen LogP contribution in [0.15, 0.2) is 30.4 Å². The molecule has 1 aromatic carbocycles. The summed E-state index contributed by atoms with van der Waals surface area (Å²) in [5.41, 5.74) is 1.60. The van der Waals surface area contributed by atoms with Crippen molar-refractivity contribution >= 4 is 17.8 Å². The Morgan fingerprint density at radius 3 is 2.31 bits per heavy atom. The maximum Gasteiger partial charge on any atom is 0.309 e. The first-order valence-electron chi connectivity index (χ1n) is 20.2. The Hall–Kier alpha value is -2.70. The fraction of sp³-hybridized carbons (Fsp3) is 0.756. The van der Waals surface area contributed by atoms with Gasteiger partial charge in [-0.15, -0.1) is 0 Å². The number of benzene rings is 1. The van der Waals surface area contributed by atoms with Gasteiger partial charge in [-0.3, -0.25) is 14.4 Å². The third kappa shape index (κ3) is 6.16. The molecule has 0 unspecified atom stereocenters. The lowest BCUT2D eigenvalue weighted by Gasteiger charge is -2.73. The van der Waals surface area contributed by atoms with Gasteiger partial charge in [0.25, 0.3) is 0 Å². The molecule has 0 radical (unpaired) electrons. The largest absolute Gasteiger partial charge is 0.481 e. The van der Waals surface area contributed by atoms with Gasteiger partial charge in [0.2, 0.25) is 5.91 Å². The van der Waals surface area contributed by atoms with Gasteiger partial charge in [0.05, 0.1) is 11.8 Å². The third-order valence-corrected chi connectivity index (χ3v) is 16.8. The molecule has 5 fully saturated rings. The zero-order valence-corrected chi connectivity index (χ0v) is 33.6. The average molecular weight is 720 g/mol. The number of esters is 1. The van der Waals surface area contributed by atoms with Crippen LogP contribution in [0.4, 0.5) is 4.39 Å². The molecule has 5 saturated carbocycles. The van der Waals surface area contributed by atoms with Crippen molar-refractivity contribution in [2.75, 3.05) is 0 Å². The first-order chi connectivity index (χ1) is 24.1. The van der Waals surface area contributed by atoms with E-state index in [0.717, 1.165) is 63.4 Å². The van der Waals surface area contributed by atoms with Crippen molar-refractivity contribution in [2.45, 2.75) is 152 Å². The summed E-state index contributed by atoms with van der Waals surface area (Å²) >= 11 is 0. The molecular formula is C45H66FNO5. The second-order valence-electron chi connectivity index (χ2n) is 20.3. The molecule has 5 aliphatic rings. The van der Waals surface area contributed by atoms with Crippen LogP contribution in [0.3, 0.4) is 0 Å². The number of nitrogens with one attached hydrogen (secondary N) is 1. The van der Waals surface area contributed by atoms with Crippen LogP contribution >= 0.6 is 0 Å². The summed E-state index contributed by atoms with van der Waals surface area (Å²) in [6.07, 6.45) is 10.8. The van der Waals surface area contributed by atoms with Gasteiger partial charge in [0, 0.05) is 23.9 Å². The van der Waals surface area contributed by atoms with E-state index in [4.69, 9.17) is 4.74 Å². The fourth-order valence-corrected chi connectivity index (χ4v) is 13.8. The van der Waals surface area contributed by atoms with Crippen molar-refractivity contribution in [3.8, 4) is 0 Å². The van der Waals surface area contributed by atoms with Crippen LogP contribution in [0.25, 0.3) is 0 Å². The molecule has 0 bridgehead atoms. The molecule has 52 heavy (non-hydrogen) atoms. The number of hydrogen-bond acceptors (Lipinski definition) is 4. The number of hydrogen-bond donors (Lipinski definition) is 2. The van der Waals surface area contributed by atoms with Gasteiger partial charge in [0.1, 0.15) is 11.9 Å². The number of rotatable bonds is 9. The summed E-state index contributed by atoms with van der Waals surface area (Å²) in [6, 6.07) is 5.21. The van der Waals surface area contributed by atoms with Gasteiger partial charge in [-0.1, -0.05) is 58.9 Å². The molecule has 0 aliphatic heterocycles.